The van der Waals surface area contributed by atoms with Crippen molar-refractivity contribution in [1.82, 2.24) is 0 Å². The van der Waals surface area contributed by atoms with E-state index in [0.29, 0.717) is 5.56 Å². The first kappa shape index (κ1) is 44.0. The first-order chi connectivity index (χ1) is 26.1. The number of benzene rings is 3. The highest BCUT2D eigenvalue weighted by molar-refractivity contribution is 5.77. The normalized spacial score (nSPS) is 11.8. The van der Waals surface area contributed by atoms with Gasteiger partial charge in [0.2, 0.25) is 0 Å². The van der Waals surface area contributed by atoms with Crippen LogP contribution < -0.4 is 4.90 Å². The molecule has 0 bridgehead atoms. The summed E-state index contributed by atoms with van der Waals surface area (Å²) < 4.78 is 0. The molecule has 3 aromatic carbocycles. The van der Waals surface area contributed by atoms with Crippen LogP contribution in [0.4, 0.5) is 5.69 Å². The number of rotatable bonds is 30. The summed E-state index contributed by atoms with van der Waals surface area (Å²) in [6.45, 7) is 11.7. The van der Waals surface area contributed by atoms with Gasteiger partial charge in [0, 0.05) is 24.3 Å². The summed E-state index contributed by atoms with van der Waals surface area (Å²) in [6, 6.07) is 25.9. The Labute approximate surface area is 326 Å². The second kappa shape index (κ2) is 28.1. The molecule has 0 aliphatic heterocycles. The lowest BCUT2D eigenvalue weighted by atomic mass is 9.91. The van der Waals surface area contributed by atoms with E-state index in [1.165, 1.54) is 158 Å². The van der Waals surface area contributed by atoms with Crippen molar-refractivity contribution in [3.05, 3.63) is 101 Å². The molecule has 3 rings (SSSR count). The largest absolute Gasteiger partial charge is 0.371 e. The van der Waals surface area contributed by atoms with Crippen LogP contribution in [0.3, 0.4) is 0 Å². The first-order valence-electron chi connectivity index (χ1n) is 21.9. The number of anilines is 1. The van der Waals surface area contributed by atoms with Gasteiger partial charge in [0.15, 0.2) is 0 Å². The maximum Gasteiger partial charge on any atom is 0.150 e. The van der Waals surface area contributed by atoms with Crippen molar-refractivity contribution in [1.29, 1.82) is 0 Å². The maximum absolute atomic E-state index is 10.9. The molecule has 2 nitrogen and oxygen atoms in total. The Kier molecular flexibility index (Phi) is 23.3. The Morgan fingerprint density at radius 3 is 0.962 bits per heavy atom. The van der Waals surface area contributed by atoms with Crippen LogP contribution >= 0.6 is 0 Å². The van der Waals surface area contributed by atoms with Gasteiger partial charge in [-0.1, -0.05) is 215 Å². The predicted molar refractivity (Wildman–Crippen MR) is 237 cm³/mol. The summed E-state index contributed by atoms with van der Waals surface area (Å²) >= 11 is 0. The quantitative estimate of drug-likeness (QED) is 0.0389. The number of carbonyl (C=O) groups excluding carboxylic acids is 1. The van der Waals surface area contributed by atoms with Gasteiger partial charge >= 0.3 is 0 Å². The van der Waals surface area contributed by atoms with Crippen LogP contribution in [0.1, 0.15) is 189 Å². The highest BCUT2D eigenvalue weighted by atomic mass is 16.1. The summed E-state index contributed by atoms with van der Waals surface area (Å²) in [5.74, 6) is 1.56. The third kappa shape index (κ3) is 19.0. The molecule has 0 fully saturated rings. The molecule has 0 amide bonds. The molecule has 0 atom stereocenters. The van der Waals surface area contributed by atoms with E-state index in [9.17, 15) is 4.79 Å². The van der Waals surface area contributed by atoms with Gasteiger partial charge in [0.1, 0.15) is 6.29 Å². The van der Waals surface area contributed by atoms with Crippen LogP contribution in [0.15, 0.2) is 72.8 Å². The van der Waals surface area contributed by atoms with E-state index < -0.39 is 0 Å². The zero-order chi connectivity index (χ0) is 37.8. The molecule has 0 heterocycles. The molecular formula is C51H75NO. The molecule has 53 heavy (non-hydrogen) atoms. The Bertz CT molecular complexity index is 1330. The van der Waals surface area contributed by atoms with E-state index in [1.54, 1.807) is 0 Å². The molecule has 0 aliphatic carbocycles. The molecule has 0 saturated heterocycles. The van der Waals surface area contributed by atoms with E-state index in [4.69, 9.17) is 0 Å². The number of unbranched alkanes of at least 4 members (excludes halogenated alkanes) is 12. The zero-order valence-electron chi connectivity index (χ0n) is 34.4. The topological polar surface area (TPSA) is 20.3 Å². The van der Waals surface area contributed by atoms with Crippen molar-refractivity contribution < 1.29 is 4.79 Å². The van der Waals surface area contributed by atoms with Crippen LogP contribution in [0.2, 0.25) is 0 Å². The second-order valence-electron chi connectivity index (χ2n) is 15.7. The Balaban J connectivity index is 1.75. The summed E-state index contributed by atoms with van der Waals surface area (Å²) in [6.07, 6.45) is 36.9. The lowest BCUT2D eigenvalue weighted by Crippen LogP contribution is -2.34. The maximum atomic E-state index is 10.9. The Morgan fingerprint density at radius 1 is 0.396 bits per heavy atom. The van der Waals surface area contributed by atoms with Crippen LogP contribution in [-0.2, 0) is 0 Å². The molecule has 3 aromatic rings. The molecule has 0 aliphatic rings. The second-order valence-corrected chi connectivity index (χ2v) is 15.7. The number of aldehydes is 1. The SMILES string of the molecule is CCCCCCC(CCCCCC)CN(CC(CCCCCC)CCCCCC)c1ccc(/C=C/c2ccc(/C=C/c3ccc(C=O)cc3)cc2)cc1. The lowest BCUT2D eigenvalue weighted by molar-refractivity contribution is 0.112. The van der Waals surface area contributed by atoms with Crippen molar-refractivity contribution in [3.8, 4) is 0 Å². The minimum atomic E-state index is 0.704. The van der Waals surface area contributed by atoms with Crippen LogP contribution in [0.5, 0.6) is 0 Å². The zero-order valence-corrected chi connectivity index (χ0v) is 34.4. The monoisotopic (exact) mass is 718 g/mol. The Hall–Kier alpha value is -3.39. The van der Waals surface area contributed by atoms with E-state index >= 15 is 0 Å². The van der Waals surface area contributed by atoms with E-state index in [1.807, 2.05) is 24.3 Å². The lowest BCUT2D eigenvalue weighted by Gasteiger charge is -2.33. The van der Waals surface area contributed by atoms with Gasteiger partial charge in [-0.05, 0) is 71.9 Å². The van der Waals surface area contributed by atoms with E-state index in [2.05, 4.69) is 105 Å². The molecule has 290 valence electrons. The Morgan fingerprint density at radius 2 is 0.679 bits per heavy atom. The number of hydrogen-bond acceptors (Lipinski definition) is 2. The molecule has 0 radical (unpaired) electrons. The van der Waals surface area contributed by atoms with Gasteiger partial charge in [-0.15, -0.1) is 0 Å². The molecular weight excluding hydrogens is 643 g/mol. The van der Waals surface area contributed by atoms with Crippen molar-refractivity contribution in [2.24, 2.45) is 11.8 Å². The van der Waals surface area contributed by atoms with E-state index in [-0.39, 0.29) is 0 Å². The molecule has 0 saturated carbocycles. The summed E-state index contributed by atoms with van der Waals surface area (Å²) in [5, 5.41) is 0. The fraction of sp³-hybridized carbons (Fsp3) is 0.549. The summed E-state index contributed by atoms with van der Waals surface area (Å²) in [7, 11) is 0. The minimum Gasteiger partial charge on any atom is -0.371 e. The van der Waals surface area contributed by atoms with Gasteiger partial charge in [-0.3, -0.25) is 4.79 Å². The van der Waals surface area contributed by atoms with Crippen molar-refractivity contribution in [3.63, 3.8) is 0 Å². The van der Waals surface area contributed by atoms with Crippen molar-refractivity contribution in [2.45, 2.75) is 156 Å². The standard InChI is InChI=1S/C51H75NO/c1-5-9-13-17-21-48(22-18-14-10-6-2)41-52(42-49(23-19-15-11-7-3)24-20-16-12-8-4)51-39-37-47(38-40-51)32-31-45-27-25-44(26-28-45)29-30-46-33-35-50(43-53)36-34-46/h25-40,43,48-49H,5-24,41-42H2,1-4H3/b30-29+,32-31+. The third-order valence-electron chi connectivity index (χ3n) is 11.0. The molecule has 0 aromatic heterocycles. The van der Waals surface area contributed by atoms with Gasteiger partial charge in [-0.2, -0.15) is 0 Å². The molecule has 2 heteroatoms. The molecule has 0 unspecified atom stereocenters. The molecule has 0 spiro atoms. The first-order valence-corrected chi connectivity index (χ1v) is 21.9. The number of carbonyl (C=O) groups is 1. The van der Waals surface area contributed by atoms with Gasteiger partial charge < -0.3 is 4.90 Å². The number of hydrogen-bond donors (Lipinski definition) is 0. The highest BCUT2D eigenvalue weighted by Crippen LogP contribution is 2.28. The van der Waals surface area contributed by atoms with Gasteiger partial charge in [0.05, 0.1) is 0 Å². The predicted octanol–water partition coefficient (Wildman–Crippen LogP) is 15.8. The smallest absolute Gasteiger partial charge is 0.150 e. The van der Waals surface area contributed by atoms with Crippen LogP contribution in [0.25, 0.3) is 24.3 Å². The fourth-order valence-corrected chi connectivity index (χ4v) is 7.59. The summed E-state index contributed by atoms with van der Waals surface area (Å²) in [5.41, 5.74) is 6.82. The van der Waals surface area contributed by atoms with E-state index in [0.717, 1.165) is 29.2 Å². The van der Waals surface area contributed by atoms with Gasteiger partial charge in [-0.25, -0.2) is 0 Å². The average molecular weight is 718 g/mol. The van der Waals surface area contributed by atoms with Crippen molar-refractivity contribution >= 4 is 36.3 Å². The minimum absolute atomic E-state index is 0.704. The van der Waals surface area contributed by atoms with Crippen LogP contribution in [-0.4, -0.2) is 19.4 Å². The highest BCUT2D eigenvalue weighted by Gasteiger charge is 2.19. The van der Waals surface area contributed by atoms with Gasteiger partial charge in [0.25, 0.3) is 0 Å². The average Bonchev–Trinajstić information content (AvgIpc) is 3.19. The fourth-order valence-electron chi connectivity index (χ4n) is 7.59. The third-order valence-corrected chi connectivity index (χ3v) is 11.0. The summed E-state index contributed by atoms with van der Waals surface area (Å²) in [4.78, 5) is 13.8. The van der Waals surface area contributed by atoms with Crippen molar-refractivity contribution in [2.75, 3.05) is 18.0 Å². The molecule has 0 N–H and O–H groups in total. The number of nitrogens with zero attached hydrogens (tertiary/aromatic N) is 1. The van der Waals surface area contributed by atoms with Crippen LogP contribution in [0, 0.1) is 11.8 Å².